The summed E-state index contributed by atoms with van der Waals surface area (Å²) in [5.41, 5.74) is 6.66. The van der Waals surface area contributed by atoms with Crippen LogP contribution in [-0.2, 0) is 15.6 Å². The van der Waals surface area contributed by atoms with Gasteiger partial charge in [0.1, 0.15) is 0 Å². The third-order valence-electron chi connectivity index (χ3n) is 2.82. The molecular formula is C13H16BrN3O2S. The van der Waals surface area contributed by atoms with Crippen molar-refractivity contribution in [2.24, 2.45) is 0 Å². The minimum absolute atomic E-state index is 0.130. The van der Waals surface area contributed by atoms with E-state index >= 15 is 0 Å². The number of nitrogens with zero attached hydrogens (tertiary/aromatic N) is 2. The highest BCUT2D eigenvalue weighted by molar-refractivity contribution is 9.10. The molecule has 0 atom stereocenters. The average molecular weight is 358 g/mol. The smallest absolute Gasteiger partial charge is 0.185 e. The molecule has 108 valence electrons. The number of nitrogen functional groups attached to an aromatic ring is 1. The summed E-state index contributed by atoms with van der Waals surface area (Å²) in [7, 11) is -3.45. The Morgan fingerprint density at radius 2 is 2.05 bits per heavy atom. The van der Waals surface area contributed by atoms with Crippen LogP contribution in [0.25, 0.3) is 0 Å². The first-order chi connectivity index (χ1) is 9.29. The topological polar surface area (TPSA) is 78.0 Å². The number of benzene rings is 1. The predicted octanol–water partition coefficient (Wildman–Crippen LogP) is 2.78. The first-order valence-electron chi connectivity index (χ1n) is 6.11. The van der Waals surface area contributed by atoms with Crippen LogP contribution in [0.15, 0.2) is 39.8 Å². The molecule has 2 rings (SSSR count). The van der Waals surface area contributed by atoms with E-state index in [1.54, 1.807) is 29.1 Å². The molecule has 0 unspecified atom stereocenters. The van der Waals surface area contributed by atoms with Crippen LogP contribution >= 0.6 is 15.9 Å². The summed E-state index contributed by atoms with van der Waals surface area (Å²) in [6, 6.07) is 6.59. The number of nitrogens with two attached hydrogens (primary N) is 1. The molecule has 0 fully saturated rings. The van der Waals surface area contributed by atoms with Gasteiger partial charge in [-0.25, -0.2) is 8.42 Å². The zero-order chi connectivity index (χ0) is 14.9. The molecule has 2 N–H and O–H groups in total. The Bertz CT molecular complexity index is 723. The van der Waals surface area contributed by atoms with E-state index in [9.17, 15) is 8.42 Å². The van der Waals surface area contributed by atoms with Crippen molar-refractivity contribution in [3.63, 3.8) is 0 Å². The second kappa shape index (κ2) is 5.57. The Kier molecular flexibility index (Phi) is 4.19. The lowest BCUT2D eigenvalue weighted by Gasteiger charge is -2.07. The molecule has 1 heterocycles. The largest absolute Gasteiger partial charge is 0.399 e. The van der Waals surface area contributed by atoms with Gasteiger partial charge >= 0.3 is 0 Å². The highest BCUT2D eigenvalue weighted by Gasteiger charge is 2.20. The van der Waals surface area contributed by atoms with Crippen LogP contribution in [0, 0.1) is 0 Å². The van der Waals surface area contributed by atoms with Crippen LogP contribution in [-0.4, -0.2) is 18.2 Å². The van der Waals surface area contributed by atoms with Crippen molar-refractivity contribution in [3.05, 3.63) is 40.6 Å². The Morgan fingerprint density at radius 1 is 1.35 bits per heavy atom. The minimum atomic E-state index is -3.45. The summed E-state index contributed by atoms with van der Waals surface area (Å²) in [5.74, 6) is -0.130. The number of rotatable bonds is 4. The SMILES string of the molecule is CC(C)n1ccc(CS(=O)(=O)c2ccc(N)cc2Br)n1. The summed E-state index contributed by atoms with van der Waals surface area (Å²) < 4.78 is 27.0. The van der Waals surface area contributed by atoms with Crippen LogP contribution in [0.2, 0.25) is 0 Å². The molecule has 0 aliphatic rings. The average Bonchev–Trinajstić information content (AvgIpc) is 2.76. The second-order valence-electron chi connectivity index (χ2n) is 4.83. The van der Waals surface area contributed by atoms with Crippen molar-refractivity contribution in [2.45, 2.75) is 30.5 Å². The van der Waals surface area contributed by atoms with Crippen LogP contribution in [0.5, 0.6) is 0 Å². The normalized spacial score (nSPS) is 12.0. The molecule has 0 aliphatic heterocycles. The van der Waals surface area contributed by atoms with Gasteiger partial charge in [0, 0.05) is 22.4 Å². The van der Waals surface area contributed by atoms with E-state index in [-0.39, 0.29) is 16.7 Å². The summed E-state index contributed by atoms with van der Waals surface area (Å²) in [6.45, 7) is 3.98. The van der Waals surface area contributed by atoms with Gasteiger partial charge in [0.2, 0.25) is 0 Å². The Hall–Kier alpha value is -1.34. The van der Waals surface area contributed by atoms with Gasteiger partial charge in [-0.3, -0.25) is 4.68 Å². The van der Waals surface area contributed by atoms with Gasteiger partial charge in [0.05, 0.1) is 16.3 Å². The summed E-state index contributed by atoms with van der Waals surface area (Å²) in [4.78, 5) is 0.228. The number of hydrogen-bond acceptors (Lipinski definition) is 4. The molecule has 20 heavy (non-hydrogen) atoms. The first-order valence-corrected chi connectivity index (χ1v) is 8.56. The maximum absolute atomic E-state index is 12.4. The van der Waals surface area contributed by atoms with Crippen molar-refractivity contribution < 1.29 is 8.42 Å². The second-order valence-corrected chi connectivity index (χ2v) is 7.64. The number of sulfone groups is 1. The van der Waals surface area contributed by atoms with Crippen molar-refractivity contribution >= 4 is 31.5 Å². The van der Waals surface area contributed by atoms with Gasteiger partial charge in [-0.05, 0) is 54.0 Å². The molecule has 5 nitrogen and oxygen atoms in total. The lowest BCUT2D eigenvalue weighted by molar-refractivity contribution is 0.527. The van der Waals surface area contributed by atoms with Crippen LogP contribution < -0.4 is 5.73 Å². The molecule has 0 bridgehead atoms. The zero-order valence-corrected chi connectivity index (χ0v) is 13.6. The summed E-state index contributed by atoms with van der Waals surface area (Å²) >= 11 is 3.24. The fourth-order valence-corrected chi connectivity index (χ4v) is 4.25. The van der Waals surface area contributed by atoms with Gasteiger partial charge < -0.3 is 5.73 Å². The molecule has 0 radical (unpaired) electrons. The van der Waals surface area contributed by atoms with Crippen molar-refractivity contribution in [1.82, 2.24) is 9.78 Å². The predicted molar refractivity (Wildman–Crippen MR) is 82.1 cm³/mol. The van der Waals surface area contributed by atoms with Crippen LogP contribution in [0.4, 0.5) is 5.69 Å². The first kappa shape index (κ1) is 15.1. The fourth-order valence-electron chi connectivity index (χ4n) is 1.78. The van der Waals surface area contributed by atoms with E-state index in [0.29, 0.717) is 15.9 Å². The number of hydrogen-bond donors (Lipinski definition) is 1. The molecule has 0 aliphatic carbocycles. The lowest BCUT2D eigenvalue weighted by Crippen LogP contribution is -2.08. The van der Waals surface area contributed by atoms with Gasteiger partial charge in [-0.15, -0.1) is 0 Å². The van der Waals surface area contributed by atoms with Crippen LogP contribution in [0.1, 0.15) is 25.6 Å². The van der Waals surface area contributed by atoms with E-state index in [2.05, 4.69) is 21.0 Å². The number of aromatic nitrogens is 2. The van der Waals surface area contributed by atoms with E-state index in [0.717, 1.165) is 0 Å². The van der Waals surface area contributed by atoms with Gasteiger partial charge in [0.15, 0.2) is 9.84 Å². The number of halogens is 1. The molecule has 0 amide bonds. The molecule has 2 aromatic rings. The van der Waals surface area contributed by atoms with E-state index < -0.39 is 9.84 Å². The van der Waals surface area contributed by atoms with Crippen molar-refractivity contribution in [3.8, 4) is 0 Å². The number of anilines is 1. The van der Waals surface area contributed by atoms with Gasteiger partial charge in [0.25, 0.3) is 0 Å². The lowest BCUT2D eigenvalue weighted by atomic mass is 10.3. The monoisotopic (exact) mass is 357 g/mol. The Morgan fingerprint density at radius 3 is 2.60 bits per heavy atom. The highest BCUT2D eigenvalue weighted by atomic mass is 79.9. The Labute approximate surface area is 126 Å². The van der Waals surface area contributed by atoms with E-state index in [1.165, 1.54) is 6.07 Å². The molecule has 1 aromatic carbocycles. The molecule has 0 saturated carbocycles. The van der Waals surface area contributed by atoms with Gasteiger partial charge in [-0.2, -0.15) is 5.10 Å². The maximum Gasteiger partial charge on any atom is 0.185 e. The quantitative estimate of drug-likeness (QED) is 0.853. The molecule has 7 heteroatoms. The third-order valence-corrected chi connectivity index (χ3v) is 5.44. The molecule has 0 saturated heterocycles. The third kappa shape index (κ3) is 3.21. The zero-order valence-electron chi connectivity index (χ0n) is 11.2. The van der Waals surface area contributed by atoms with Crippen molar-refractivity contribution in [2.75, 3.05) is 5.73 Å². The van der Waals surface area contributed by atoms with E-state index in [4.69, 9.17) is 5.73 Å². The molecule has 0 spiro atoms. The van der Waals surface area contributed by atoms with E-state index in [1.807, 2.05) is 13.8 Å². The Balaban J connectivity index is 2.30. The molecule has 1 aromatic heterocycles. The van der Waals surface area contributed by atoms with Gasteiger partial charge in [-0.1, -0.05) is 0 Å². The standard InChI is InChI=1S/C13H16BrN3O2S/c1-9(2)17-6-5-11(16-17)8-20(18,19)13-4-3-10(15)7-12(13)14/h3-7,9H,8,15H2,1-2H3. The summed E-state index contributed by atoms with van der Waals surface area (Å²) in [5, 5.41) is 4.27. The maximum atomic E-state index is 12.4. The highest BCUT2D eigenvalue weighted by Crippen LogP contribution is 2.26. The molecular weight excluding hydrogens is 342 g/mol. The minimum Gasteiger partial charge on any atom is -0.399 e. The van der Waals surface area contributed by atoms with Crippen LogP contribution in [0.3, 0.4) is 0 Å². The summed E-state index contributed by atoms with van der Waals surface area (Å²) in [6.07, 6.45) is 1.79. The fraction of sp³-hybridized carbons (Fsp3) is 0.308. The van der Waals surface area contributed by atoms with Crippen molar-refractivity contribution in [1.29, 1.82) is 0 Å².